The molecule has 156 valence electrons. The number of nitrogens with one attached hydrogen (secondary N) is 1. The molecule has 3 aromatic rings. The highest BCUT2D eigenvalue weighted by molar-refractivity contribution is 5.86. The van der Waals surface area contributed by atoms with Gasteiger partial charge < -0.3 is 24.4 Å². The average Bonchev–Trinajstić information content (AvgIpc) is 2.72. The number of carbonyl (C=O) groups excluding carboxylic acids is 2. The van der Waals surface area contributed by atoms with Gasteiger partial charge in [0.05, 0.1) is 12.0 Å². The standard InChI is InChI=1S/C23H23NO6/c1-3-16-12-21(25)30-20-13-17(9-10-18(16)20)29-14(2)22(26)24-19(23(27)28)11-15-7-5-4-6-8-15/h4-10,12-14,19H,3,11H2,1-2H3,(H,24,26)(H,27,28)/p-1/t14-,19-/m0/s1. The van der Waals surface area contributed by atoms with Gasteiger partial charge in [-0.2, -0.15) is 0 Å². The van der Waals surface area contributed by atoms with Crippen LogP contribution >= 0.6 is 0 Å². The summed E-state index contributed by atoms with van der Waals surface area (Å²) >= 11 is 0. The zero-order chi connectivity index (χ0) is 21.7. The third-order valence-electron chi connectivity index (χ3n) is 4.75. The number of ether oxygens (including phenoxy) is 1. The van der Waals surface area contributed by atoms with Crippen molar-refractivity contribution in [2.24, 2.45) is 0 Å². The van der Waals surface area contributed by atoms with Gasteiger partial charge in [-0.25, -0.2) is 4.79 Å². The number of fused-ring (bicyclic) bond motifs is 1. The Morgan fingerprint density at radius 1 is 1.13 bits per heavy atom. The molecule has 0 saturated heterocycles. The Morgan fingerprint density at radius 3 is 2.53 bits per heavy atom. The smallest absolute Gasteiger partial charge is 0.336 e. The van der Waals surface area contributed by atoms with E-state index in [1.54, 1.807) is 42.5 Å². The molecule has 1 aromatic heterocycles. The van der Waals surface area contributed by atoms with E-state index in [4.69, 9.17) is 9.15 Å². The molecule has 3 rings (SSSR count). The molecule has 1 heterocycles. The summed E-state index contributed by atoms with van der Waals surface area (Å²) in [5, 5.41) is 14.7. The van der Waals surface area contributed by atoms with Crippen molar-refractivity contribution in [1.29, 1.82) is 0 Å². The normalized spacial score (nSPS) is 12.9. The van der Waals surface area contributed by atoms with Gasteiger partial charge in [0.15, 0.2) is 6.10 Å². The minimum absolute atomic E-state index is 0.0998. The van der Waals surface area contributed by atoms with Crippen LogP contribution in [-0.2, 0) is 22.4 Å². The maximum atomic E-state index is 12.5. The van der Waals surface area contributed by atoms with Crippen molar-refractivity contribution in [3.8, 4) is 5.75 Å². The molecule has 7 heteroatoms. The maximum Gasteiger partial charge on any atom is 0.336 e. The number of hydrogen-bond donors (Lipinski definition) is 1. The Kier molecular flexibility index (Phi) is 6.51. The monoisotopic (exact) mass is 408 g/mol. The Labute approximate surface area is 173 Å². The van der Waals surface area contributed by atoms with Gasteiger partial charge in [0, 0.05) is 17.5 Å². The molecule has 7 nitrogen and oxygen atoms in total. The number of carbonyl (C=O) groups is 2. The van der Waals surface area contributed by atoms with E-state index < -0.39 is 29.6 Å². The Bertz CT molecular complexity index is 1110. The highest BCUT2D eigenvalue weighted by Gasteiger charge is 2.20. The lowest BCUT2D eigenvalue weighted by atomic mass is 10.1. The summed E-state index contributed by atoms with van der Waals surface area (Å²) < 4.78 is 10.9. The fourth-order valence-electron chi connectivity index (χ4n) is 3.17. The molecular weight excluding hydrogens is 386 g/mol. The van der Waals surface area contributed by atoms with Gasteiger partial charge >= 0.3 is 5.63 Å². The molecule has 0 radical (unpaired) electrons. The van der Waals surface area contributed by atoms with E-state index in [0.29, 0.717) is 17.8 Å². The molecule has 0 aliphatic rings. The van der Waals surface area contributed by atoms with E-state index in [-0.39, 0.29) is 6.42 Å². The zero-order valence-electron chi connectivity index (χ0n) is 16.7. The van der Waals surface area contributed by atoms with Crippen LogP contribution in [0.25, 0.3) is 11.0 Å². The summed E-state index contributed by atoms with van der Waals surface area (Å²) in [5.41, 5.74) is 1.52. The topological polar surface area (TPSA) is 109 Å². The highest BCUT2D eigenvalue weighted by atomic mass is 16.5. The summed E-state index contributed by atoms with van der Waals surface area (Å²) in [7, 11) is 0. The highest BCUT2D eigenvalue weighted by Crippen LogP contribution is 2.23. The first kappa shape index (κ1) is 21.1. The van der Waals surface area contributed by atoms with Gasteiger partial charge in [0.25, 0.3) is 5.91 Å². The molecule has 0 bridgehead atoms. The number of amides is 1. The lowest BCUT2D eigenvalue weighted by Crippen LogP contribution is -2.52. The first-order valence-electron chi connectivity index (χ1n) is 9.66. The van der Waals surface area contributed by atoms with Crippen molar-refractivity contribution >= 4 is 22.8 Å². The molecule has 0 aliphatic heterocycles. The predicted molar refractivity (Wildman–Crippen MR) is 109 cm³/mol. The second-order valence-corrected chi connectivity index (χ2v) is 6.93. The maximum absolute atomic E-state index is 12.5. The summed E-state index contributed by atoms with van der Waals surface area (Å²) in [6.07, 6.45) is -0.198. The van der Waals surface area contributed by atoms with Crippen molar-refractivity contribution in [3.63, 3.8) is 0 Å². The second-order valence-electron chi connectivity index (χ2n) is 6.93. The molecule has 0 saturated carbocycles. The van der Waals surface area contributed by atoms with Crippen LogP contribution in [0.2, 0.25) is 0 Å². The van der Waals surface area contributed by atoms with Crippen LogP contribution in [0.4, 0.5) is 0 Å². The molecule has 0 unspecified atom stereocenters. The van der Waals surface area contributed by atoms with Crippen molar-refractivity contribution < 1.29 is 23.8 Å². The molecule has 2 aromatic carbocycles. The van der Waals surface area contributed by atoms with E-state index in [1.807, 2.05) is 13.0 Å². The number of aryl methyl sites for hydroxylation is 1. The first-order valence-corrected chi connectivity index (χ1v) is 9.66. The van der Waals surface area contributed by atoms with E-state index in [1.165, 1.54) is 13.0 Å². The molecular formula is C23H22NO6-. The van der Waals surface area contributed by atoms with Gasteiger partial charge in [0.1, 0.15) is 11.3 Å². The molecule has 1 N–H and O–H groups in total. The van der Waals surface area contributed by atoms with Gasteiger partial charge in [-0.15, -0.1) is 0 Å². The summed E-state index contributed by atoms with van der Waals surface area (Å²) in [6, 6.07) is 14.2. The number of benzene rings is 2. The number of hydrogen-bond acceptors (Lipinski definition) is 6. The number of carboxylic acids is 1. The van der Waals surface area contributed by atoms with Crippen LogP contribution in [0.15, 0.2) is 63.8 Å². The Morgan fingerprint density at radius 2 is 1.87 bits per heavy atom. The largest absolute Gasteiger partial charge is 0.548 e. The van der Waals surface area contributed by atoms with Crippen LogP contribution in [0.5, 0.6) is 5.75 Å². The molecule has 0 aliphatic carbocycles. The Balaban J connectivity index is 1.71. The third-order valence-corrected chi connectivity index (χ3v) is 4.75. The minimum atomic E-state index is -1.38. The quantitative estimate of drug-likeness (QED) is 0.567. The van der Waals surface area contributed by atoms with E-state index in [0.717, 1.165) is 16.5 Å². The summed E-state index contributed by atoms with van der Waals surface area (Å²) in [4.78, 5) is 35.6. The Hall–Kier alpha value is -3.61. The van der Waals surface area contributed by atoms with Gasteiger partial charge in [0.2, 0.25) is 0 Å². The number of carboxylic acid groups (broad SMARTS) is 1. The van der Waals surface area contributed by atoms with Crippen LogP contribution < -0.4 is 20.8 Å². The lowest BCUT2D eigenvalue weighted by molar-refractivity contribution is -0.308. The lowest BCUT2D eigenvalue weighted by Gasteiger charge is -2.22. The van der Waals surface area contributed by atoms with Crippen LogP contribution in [-0.4, -0.2) is 24.0 Å². The fraction of sp³-hybridized carbons (Fsp3) is 0.261. The second kappa shape index (κ2) is 9.26. The average molecular weight is 408 g/mol. The van der Waals surface area contributed by atoms with Crippen molar-refractivity contribution in [2.45, 2.75) is 38.8 Å². The SMILES string of the molecule is CCc1cc(=O)oc2cc(O[C@@H](C)C(=O)N[C@@H](Cc3ccccc3)C(=O)[O-])ccc12. The van der Waals surface area contributed by atoms with Crippen molar-refractivity contribution in [2.75, 3.05) is 0 Å². The minimum Gasteiger partial charge on any atom is -0.548 e. The van der Waals surface area contributed by atoms with Crippen molar-refractivity contribution in [1.82, 2.24) is 5.32 Å². The van der Waals surface area contributed by atoms with Crippen LogP contribution in [0.3, 0.4) is 0 Å². The summed E-state index contributed by atoms with van der Waals surface area (Å²) in [6.45, 7) is 3.45. The van der Waals surface area contributed by atoms with Gasteiger partial charge in [-0.05, 0) is 43.0 Å². The zero-order valence-corrected chi connectivity index (χ0v) is 16.7. The van der Waals surface area contributed by atoms with E-state index in [2.05, 4.69) is 5.32 Å². The summed E-state index contributed by atoms with van der Waals surface area (Å²) in [5.74, 6) is -1.64. The molecule has 0 spiro atoms. The number of aliphatic carboxylic acids is 1. The molecule has 0 fully saturated rings. The molecule has 30 heavy (non-hydrogen) atoms. The number of rotatable bonds is 8. The predicted octanol–water partition coefficient (Wildman–Crippen LogP) is 1.60. The van der Waals surface area contributed by atoms with Gasteiger partial charge in [-0.3, -0.25) is 4.79 Å². The third kappa shape index (κ3) is 5.05. The van der Waals surface area contributed by atoms with E-state index in [9.17, 15) is 19.5 Å². The van der Waals surface area contributed by atoms with E-state index >= 15 is 0 Å². The molecule has 2 atom stereocenters. The fourth-order valence-corrected chi connectivity index (χ4v) is 3.17. The van der Waals surface area contributed by atoms with Crippen LogP contribution in [0.1, 0.15) is 25.0 Å². The van der Waals surface area contributed by atoms with Gasteiger partial charge in [-0.1, -0.05) is 37.3 Å². The molecule has 1 amide bonds. The van der Waals surface area contributed by atoms with Crippen LogP contribution in [0, 0.1) is 0 Å². The first-order chi connectivity index (χ1) is 14.4. The van der Waals surface area contributed by atoms with Crippen molar-refractivity contribution in [3.05, 3.63) is 76.1 Å².